The van der Waals surface area contributed by atoms with E-state index < -0.39 is 6.61 Å². The number of fused-ring (bicyclic) bond motifs is 1. The Kier molecular flexibility index (Phi) is 3.22. The highest BCUT2D eigenvalue weighted by molar-refractivity contribution is 5.85. The van der Waals surface area contributed by atoms with Crippen LogP contribution in [0.2, 0.25) is 0 Å². The topological polar surface area (TPSA) is 102 Å². The molecule has 108 valence electrons. The normalized spacial score (nSPS) is 11.0. The number of alkyl halides is 2. The molecule has 0 fully saturated rings. The van der Waals surface area contributed by atoms with Crippen LogP contribution in [-0.4, -0.2) is 26.5 Å². The molecule has 1 aromatic carbocycles. The minimum Gasteiger partial charge on any atom is -0.435 e. The molecule has 0 aliphatic carbocycles. The van der Waals surface area contributed by atoms with E-state index >= 15 is 0 Å². The van der Waals surface area contributed by atoms with E-state index in [0.29, 0.717) is 22.7 Å². The number of H-pyrrole nitrogens is 1. The molecule has 0 unspecified atom stereocenters. The predicted molar refractivity (Wildman–Crippen MR) is 72.5 cm³/mol. The molecular formula is C12H10F2N6O. The van der Waals surface area contributed by atoms with E-state index in [1.54, 1.807) is 12.1 Å². The molecule has 2 heterocycles. The number of nitrogens with two attached hydrogens (primary N) is 1. The first kappa shape index (κ1) is 13.0. The van der Waals surface area contributed by atoms with E-state index in [1.165, 1.54) is 18.5 Å². The molecule has 3 aromatic rings. The van der Waals surface area contributed by atoms with Gasteiger partial charge in [-0.15, -0.1) is 0 Å². The lowest BCUT2D eigenvalue weighted by molar-refractivity contribution is -0.0498. The first-order chi connectivity index (χ1) is 10.1. The standard InChI is InChI=1S/C12H10F2N6O/c13-11(14)21-7-3-1-6(2-4-7)18-10-8-9(17-5-16-8)19-12(15)20-10/h1-5,11H,(H4,15,16,17,18,19,20). The fourth-order valence-corrected chi connectivity index (χ4v) is 1.80. The smallest absolute Gasteiger partial charge is 0.387 e. The zero-order chi connectivity index (χ0) is 14.8. The SMILES string of the molecule is Nc1nc(Nc2ccc(OC(F)F)cc2)c2[nH]cnc2n1. The molecule has 3 rings (SSSR count). The molecular weight excluding hydrogens is 282 g/mol. The van der Waals surface area contributed by atoms with Gasteiger partial charge in [-0.05, 0) is 24.3 Å². The Balaban J connectivity index is 1.86. The summed E-state index contributed by atoms with van der Waals surface area (Å²) in [6.45, 7) is -2.85. The minimum absolute atomic E-state index is 0.0736. The summed E-state index contributed by atoms with van der Waals surface area (Å²) < 4.78 is 28.4. The van der Waals surface area contributed by atoms with Crippen LogP contribution in [0, 0.1) is 0 Å². The molecule has 0 bridgehead atoms. The number of aromatic amines is 1. The van der Waals surface area contributed by atoms with Gasteiger partial charge in [-0.2, -0.15) is 18.7 Å². The highest BCUT2D eigenvalue weighted by atomic mass is 19.3. The third-order valence-corrected chi connectivity index (χ3v) is 2.65. The lowest BCUT2D eigenvalue weighted by Gasteiger charge is -2.08. The van der Waals surface area contributed by atoms with Gasteiger partial charge in [0, 0.05) is 5.69 Å². The van der Waals surface area contributed by atoms with Crippen molar-refractivity contribution in [2.24, 2.45) is 0 Å². The van der Waals surface area contributed by atoms with Crippen LogP contribution in [0.3, 0.4) is 0 Å². The maximum atomic E-state index is 12.1. The van der Waals surface area contributed by atoms with Crippen LogP contribution >= 0.6 is 0 Å². The molecule has 0 aliphatic rings. The lowest BCUT2D eigenvalue weighted by atomic mass is 10.3. The average molecular weight is 292 g/mol. The van der Waals surface area contributed by atoms with Crippen molar-refractivity contribution in [3.05, 3.63) is 30.6 Å². The second kappa shape index (κ2) is 5.19. The third-order valence-electron chi connectivity index (χ3n) is 2.65. The molecule has 4 N–H and O–H groups in total. The Labute approximate surface area is 117 Å². The first-order valence-electron chi connectivity index (χ1n) is 5.90. The average Bonchev–Trinajstić information content (AvgIpc) is 2.88. The number of ether oxygens (including phenoxy) is 1. The Hall–Kier alpha value is -2.97. The lowest BCUT2D eigenvalue weighted by Crippen LogP contribution is -2.03. The zero-order valence-electron chi connectivity index (χ0n) is 10.5. The van der Waals surface area contributed by atoms with Gasteiger partial charge in [0.1, 0.15) is 11.3 Å². The van der Waals surface area contributed by atoms with Crippen molar-refractivity contribution in [1.29, 1.82) is 0 Å². The number of aromatic nitrogens is 4. The molecule has 0 saturated carbocycles. The van der Waals surface area contributed by atoms with Crippen LogP contribution in [-0.2, 0) is 0 Å². The third kappa shape index (κ3) is 2.81. The molecule has 7 nitrogen and oxygen atoms in total. The van der Waals surface area contributed by atoms with Gasteiger partial charge in [0.15, 0.2) is 11.5 Å². The zero-order valence-corrected chi connectivity index (χ0v) is 10.5. The Bertz CT molecular complexity index is 758. The first-order valence-corrected chi connectivity index (χ1v) is 5.90. The molecule has 0 spiro atoms. The second-order valence-corrected chi connectivity index (χ2v) is 4.06. The van der Waals surface area contributed by atoms with Crippen LogP contribution in [0.15, 0.2) is 30.6 Å². The monoisotopic (exact) mass is 292 g/mol. The number of halogens is 2. The second-order valence-electron chi connectivity index (χ2n) is 4.06. The Morgan fingerprint density at radius 2 is 1.95 bits per heavy atom. The van der Waals surface area contributed by atoms with Gasteiger partial charge in [-0.1, -0.05) is 0 Å². The van der Waals surface area contributed by atoms with Crippen LogP contribution in [0.5, 0.6) is 5.75 Å². The number of nitrogens with one attached hydrogen (secondary N) is 2. The molecule has 0 aliphatic heterocycles. The van der Waals surface area contributed by atoms with Crippen molar-refractivity contribution in [2.75, 3.05) is 11.1 Å². The summed E-state index contributed by atoms with van der Waals surface area (Å²) in [6.07, 6.45) is 1.48. The van der Waals surface area contributed by atoms with Crippen molar-refractivity contribution in [1.82, 2.24) is 19.9 Å². The minimum atomic E-state index is -2.85. The van der Waals surface area contributed by atoms with Crippen molar-refractivity contribution >= 4 is 28.6 Å². The molecule has 0 atom stereocenters. The van der Waals surface area contributed by atoms with Crippen LogP contribution in [0.25, 0.3) is 11.2 Å². The van der Waals surface area contributed by atoms with E-state index in [-0.39, 0.29) is 11.7 Å². The van der Waals surface area contributed by atoms with Gasteiger partial charge in [-0.3, -0.25) is 0 Å². The van der Waals surface area contributed by atoms with Crippen LogP contribution in [0.1, 0.15) is 0 Å². The van der Waals surface area contributed by atoms with Crippen LogP contribution < -0.4 is 15.8 Å². The van der Waals surface area contributed by atoms with E-state index in [1.807, 2.05) is 0 Å². The number of benzene rings is 1. The number of hydrogen-bond acceptors (Lipinski definition) is 6. The van der Waals surface area contributed by atoms with Crippen LogP contribution in [0.4, 0.5) is 26.2 Å². The molecule has 9 heteroatoms. The largest absolute Gasteiger partial charge is 0.435 e. The van der Waals surface area contributed by atoms with Crippen molar-refractivity contribution in [2.45, 2.75) is 6.61 Å². The maximum Gasteiger partial charge on any atom is 0.387 e. The summed E-state index contributed by atoms with van der Waals surface area (Å²) in [5.41, 5.74) is 7.25. The van der Waals surface area contributed by atoms with Gasteiger partial charge in [0.05, 0.1) is 6.33 Å². The van der Waals surface area contributed by atoms with E-state index in [2.05, 4.69) is 30.0 Å². The molecule has 0 radical (unpaired) electrons. The number of nitrogens with zero attached hydrogens (tertiary/aromatic N) is 3. The number of hydrogen-bond donors (Lipinski definition) is 3. The summed E-state index contributed by atoms with van der Waals surface area (Å²) in [7, 11) is 0. The summed E-state index contributed by atoms with van der Waals surface area (Å²) in [5, 5.41) is 3.01. The highest BCUT2D eigenvalue weighted by Gasteiger charge is 2.09. The van der Waals surface area contributed by atoms with Crippen molar-refractivity contribution in [3.8, 4) is 5.75 Å². The fraction of sp³-hybridized carbons (Fsp3) is 0.0833. The number of rotatable bonds is 4. The maximum absolute atomic E-state index is 12.1. The molecule has 21 heavy (non-hydrogen) atoms. The summed E-state index contributed by atoms with van der Waals surface area (Å²) in [6, 6.07) is 6.00. The summed E-state index contributed by atoms with van der Waals surface area (Å²) in [5.74, 6) is 0.594. The highest BCUT2D eigenvalue weighted by Crippen LogP contribution is 2.24. The van der Waals surface area contributed by atoms with Gasteiger partial charge in [0.25, 0.3) is 0 Å². The molecule has 2 aromatic heterocycles. The van der Waals surface area contributed by atoms with E-state index in [4.69, 9.17) is 5.73 Å². The van der Waals surface area contributed by atoms with Gasteiger partial charge in [-0.25, -0.2) is 4.98 Å². The van der Waals surface area contributed by atoms with Crippen molar-refractivity contribution in [3.63, 3.8) is 0 Å². The Morgan fingerprint density at radius 1 is 1.19 bits per heavy atom. The Morgan fingerprint density at radius 3 is 2.67 bits per heavy atom. The number of imidazole rings is 1. The van der Waals surface area contributed by atoms with E-state index in [0.717, 1.165) is 0 Å². The summed E-state index contributed by atoms with van der Waals surface area (Å²) >= 11 is 0. The van der Waals surface area contributed by atoms with Gasteiger partial charge in [0.2, 0.25) is 5.95 Å². The van der Waals surface area contributed by atoms with Gasteiger partial charge >= 0.3 is 6.61 Å². The summed E-state index contributed by atoms with van der Waals surface area (Å²) in [4.78, 5) is 14.9. The number of anilines is 3. The van der Waals surface area contributed by atoms with E-state index in [9.17, 15) is 8.78 Å². The van der Waals surface area contributed by atoms with Gasteiger partial charge < -0.3 is 20.8 Å². The molecule has 0 amide bonds. The van der Waals surface area contributed by atoms with Crippen molar-refractivity contribution < 1.29 is 13.5 Å². The predicted octanol–water partition coefficient (Wildman–Crippen LogP) is 2.28. The number of nitrogen functional groups attached to an aromatic ring is 1. The molecule has 0 saturated heterocycles. The fourth-order valence-electron chi connectivity index (χ4n) is 1.80. The quantitative estimate of drug-likeness (QED) is 0.682.